The van der Waals surface area contributed by atoms with Crippen LogP contribution in [0.5, 0.6) is 5.75 Å². The lowest BCUT2D eigenvalue weighted by Crippen LogP contribution is -1.89. The zero-order valence-electron chi connectivity index (χ0n) is 8.54. The van der Waals surface area contributed by atoms with E-state index in [0.29, 0.717) is 0 Å². The first-order chi connectivity index (χ1) is 7.72. The van der Waals surface area contributed by atoms with Crippen LogP contribution in [0.25, 0.3) is 0 Å². The van der Waals surface area contributed by atoms with Crippen LogP contribution in [-0.2, 0) is 6.42 Å². The first-order valence-electron chi connectivity index (χ1n) is 4.85. The number of ether oxygens (including phenoxy) is 1. The first kappa shape index (κ1) is 11.7. The van der Waals surface area contributed by atoms with E-state index in [4.69, 9.17) is 4.74 Å². The van der Waals surface area contributed by atoms with Gasteiger partial charge in [-0.1, -0.05) is 30.9 Å². The largest absolute Gasteiger partial charge is 0.459 e. The van der Waals surface area contributed by atoms with Crippen molar-refractivity contribution < 1.29 is 4.74 Å². The molecule has 0 radical (unpaired) electrons. The van der Waals surface area contributed by atoms with Crippen LogP contribution in [0.3, 0.4) is 0 Å². The maximum Gasteiger partial charge on any atom is 0.144 e. The standard InChI is InChI=1S/C13H10Br2O/c1-2-3-6-10(14)12-8-9-5-4-7-11(15)13(9)16-12/h2-7H,1,8H2/b6-3-,12-10-. The fourth-order valence-electron chi connectivity index (χ4n) is 1.52. The average Bonchev–Trinajstić information content (AvgIpc) is 2.71. The maximum absolute atomic E-state index is 5.80. The highest BCUT2D eigenvalue weighted by atomic mass is 79.9. The molecule has 2 rings (SSSR count). The fraction of sp³-hybridized carbons (Fsp3) is 0.0769. The van der Waals surface area contributed by atoms with Gasteiger partial charge < -0.3 is 4.74 Å². The molecule has 0 aromatic heterocycles. The summed E-state index contributed by atoms with van der Waals surface area (Å²) in [5.41, 5.74) is 1.20. The van der Waals surface area contributed by atoms with E-state index in [2.05, 4.69) is 44.5 Å². The second kappa shape index (κ2) is 5.02. The predicted octanol–water partition coefficient (Wildman–Crippen LogP) is 4.73. The molecular formula is C13H10Br2O. The highest BCUT2D eigenvalue weighted by molar-refractivity contribution is 9.12. The van der Waals surface area contributed by atoms with Crippen molar-refractivity contribution in [3.05, 3.63) is 63.3 Å². The van der Waals surface area contributed by atoms with Gasteiger partial charge in [-0.15, -0.1) is 0 Å². The Kier molecular flexibility index (Phi) is 3.66. The van der Waals surface area contributed by atoms with Crippen molar-refractivity contribution in [3.8, 4) is 5.75 Å². The van der Waals surface area contributed by atoms with Gasteiger partial charge in [0.15, 0.2) is 0 Å². The second-order valence-electron chi connectivity index (χ2n) is 3.37. The van der Waals surface area contributed by atoms with Crippen LogP contribution in [0.2, 0.25) is 0 Å². The third-order valence-electron chi connectivity index (χ3n) is 2.27. The van der Waals surface area contributed by atoms with Crippen molar-refractivity contribution in [3.63, 3.8) is 0 Å². The Morgan fingerprint density at radius 3 is 2.94 bits per heavy atom. The lowest BCUT2D eigenvalue weighted by Gasteiger charge is -2.02. The van der Waals surface area contributed by atoms with Crippen molar-refractivity contribution in [2.24, 2.45) is 0 Å². The molecule has 1 aliphatic heterocycles. The van der Waals surface area contributed by atoms with E-state index in [-0.39, 0.29) is 0 Å². The van der Waals surface area contributed by atoms with Gasteiger partial charge in [-0.2, -0.15) is 0 Å². The van der Waals surface area contributed by atoms with Gasteiger partial charge in [0.25, 0.3) is 0 Å². The molecule has 0 fully saturated rings. The summed E-state index contributed by atoms with van der Waals surface area (Å²) in [4.78, 5) is 0. The van der Waals surface area contributed by atoms with E-state index in [1.54, 1.807) is 6.08 Å². The molecule has 0 saturated carbocycles. The average molecular weight is 342 g/mol. The quantitative estimate of drug-likeness (QED) is 0.706. The molecule has 0 saturated heterocycles. The van der Waals surface area contributed by atoms with Gasteiger partial charge in [0.05, 0.1) is 8.96 Å². The summed E-state index contributed by atoms with van der Waals surface area (Å²) in [5.74, 6) is 1.85. The molecule has 0 unspecified atom stereocenters. The Labute approximate surface area is 112 Å². The van der Waals surface area contributed by atoms with Crippen LogP contribution >= 0.6 is 31.9 Å². The van der Waals surface area contributed by atoms with Gasteiger partial charge >= 0.3 is 0 Å². The van der Waals surface area contributed by atoms with Crippen LogP contribution < -0.4 is 4.74 Å². The Morgan fingerprint density at radius 2 is 2.25 bits per heavy atom. The molecule has 0 aliphatic carbocycles. The molecule has 1 aromatic carbocycles. The summed E-state index contributed by atoms with van der Waals surface area (Å²) in [6, 6.07) is 6.07. The number of benzene rings is 1. The van der Waals surface area contributed by atoms with E-state index in [1.807, 2.05) is 24.3 Å². The van der Waals surface area contributed by atoms with Crippen molar-refractivity contribution in [1.29, 1.82) is 0 Å². The maximum atomic E-state index is 5.80. The molecule has 16 heavy (non-hydrogen) atoms. The van der Waals surface area contributed by atoms with Crippen LogP contribution in [0.4, 0.5) is 0 Å². The molecule has 1 nitrogen and oxygen atoms in total. The van der Waals surface area contributed by atoms with Gasteiger partial charge in [-0.25, -0.2) is 0 Å². The smallest absolute Gasteiger partial charge is 0.144 e. The van der Waals surface area contributed by atoms with E-state index in [9.17, 15) is 0 Å². The first-order valence-corrected chi connectivity index (χ1v) is 6.44. The zero-order valence-corrected chi connectivity index (χ0v) is 11.7. The zero-order chi connectivity index (χ0) is 11.5. The molecule has 1 heterocycles. The minimum absolute atomic E-state index is 0.816. The number of para-hydroxylation sites is 1. The van der Waals surface area contributed by atoms with E-state index >= 15 is 0 Å². The molecule has 82 valence electrons. The summed E-state index contributed by atoms with van der Waals surface area (Å²) in [6.45, 7) is 3.63. The Morgan fingerprint density at radius 1 is 1.44 bits per heavy atom. The lowest BCUT2D eigenvalue weighted by atomic mass is 10.1. The molecule has 0 spiro atoms. The van der Waals surface area contributed by atoms with Crippen LogP contribution in [0.15, 0.2) is 57.7 Å². The fourth-order valence-corrected chi connectivity index (χ4v) is 2.38. The molecule has 3 heteroatoms. The van der Waals surface area contributed by atoms with Crippen LogP contribution in [0.1, 0.15) is 5.56 Å². The van der Waals surface area contributed by atoms with Crippen molar-refractivity contribution in [2.75, 3.05) is 0 Å². The monoisotopic (exact) mass is 340 g/mol. The van der Waals surface area contributed by atoms with Gasteiger partial charge in [-0.3, -0.25) is 0 Å². The predicted molar refractivity (Wildman–Crippen MR) is 73.8 cm³/mol. The normalized spacial score (nSPS) is 17.1. The summed E-state index contributed by atoms with van der Waals surface area (Å²) in [7, 11) is 0. The molecule has 1 aliphatic rings. The van der Waals surface area contributed by atoms with E-state index in [0.717, 1.165) is 26.9 Å². The van der Waals surface area contributed by atoms with Crippen molar-refractivity contribution >= 4 is 31.9 Å². The van der Waals surface area contributed by atoms with Crippen LogP contribution in [-0.4, -0.2) is 0 Å². The molecule has 0 N–H and O–H groups in total. The summed E-state index contributed by atoms with van der Waals surface area (Å²) in [6.07, 6.45) is 6.36. The minimum Gasteiger partial charge on any atom is -0.459 e. The number of hydrogen-bond donors (Lipinski definition) is 0. The minimum atomic E-state index is 0.816. The van der Waals surface area contributed by atoms with Gasteiger partial charge in [0, 0.05) is 12.0 Å². The Balaban J connectivity index is 2.32. The summed E-state index contributed by atoms with van der Waals surface area (Å²) < 4.78 is 7.74. The van der Waals surface area contributed by atoms with Gasteiger partial charge in [0.2, 0.25) is 0 Å². The van der Waals surface area contributed by atoms with Gasteiger partial charge in [-0.05, 0) is 44.0 Å². The third-order valence-corrected chi connectivity index (χ3v) is 3.60. The molecule has 1 aromatic rings. The number of halogens is 2. The number of fused-ring (bicyclic) bond motifs is 1. The highest BCUT2D eigenvalue weighted by Gasteiger charge is 2.21. The number of allylic oxidation sites excluding steroid dienone is 5. The molecule has 0 amide bonds. The van der Waals surface area contributed by atoms with Crippen LogP contribution in [0, 0.1) is 0 Å². The Hall–Kier alpha value is -0.800. The molecular weight excluding hydrogens is 332 g/mol. The second-order valence-corrected chi connectivity index (χ2v) is 5.08. The third kappa shape index (κ3) is 2.30. The summed E-state index contributed by atoms with van der Waals surface area (Å²) >= 11 is 6.97. The van der Waals surface area contributed by atoms with E-state index in [1.165, 1.54) is 5.56 Å². The number of rotatable bonds is 2. The number of hydrogen-bond acceptors (Lipinski definition) is 1. The molecule has 0 atom stereocenters. The summed E-state index contributed by atoms with van der Waals surface area (Å²) in [5, 5.41) is 0. The van der Waals surface area contributed by atoms with E-state index < -0.39 is 0 Å². The highest BCUT2D eigenvalue weighted by Crippen LogP contribution is 2.39. The lowest BCUT2D eigenvalue weighted by molar-refractivity contribution is 0.443. The SMILES string of the molecule is C=C/C=C\C(Br)=C1/Cc2cccc(Br)c2O1. The van der Waals surface area contributed by atoms with Gasteiger partial charge in [0.1, 0.15) is 11.5 Å². The topological polar surface area (TPSA) is 9.23 Å². The molecule has 0 bridgehead atoms. The van der Waals surface area contributed by atoms with Crippen molar-refractivity contribution in [1.82, 2.24) is 0 Å². The van der Waals surface area contributed by atoms with Crippen molar-refractivity contribution in [2.45, 2.75) is 6.42 Å². The Bertz CT molecular complexity index is 487.